The molecule has 31 heavy (non-hydrogen) atoms. The Bertz CT molecular complexity index is 1040. The van der Waals surface area contributed by atoms with Crippen molar-refractivity contribution in [2.75, 3.05) is 68.1 Å². The van der Waals surface area contributed by atoms with Crippen LogP contribution in [0, 0.1) is 0 Å². The Morgan fingerprint density at radius 1 is 0.806 bits per heavy atom. The number of hydrogen-bond donors (Lipinski definition) is 1. The molecule has 2 aliphatic heterocycles. The SMILES string of the molecule is Nc1cccc2c1nc(C(F)F)n2-c1nc(N2CCOCC2)nc(N2CCOCC2)n1. The van der Waals surface area contributed by atoms with Gasteiger partial charge in [0.05, 0.1) is 37.6 Å². The van der Waals surface area contributed by atoms with Crippen molar-refractivity contribution in [2.24, 2.45) is 0 Å². The van der Waals surface area contributed by atoms with Crippen molar-refractivity contribution in [3.05, 3.63) is 24.0 Å². The third-order valence-electron chi connectivity index (χ3n) is 5.33. The molecule has 164 valence electrons. The highest BCUT2D eigenvalue weighted by molar-refractivity contribution is 5.88. The van der Waals surface area contributed by atoms with E-state index in [9.17, 15) is 8.78 Å². The van der Waals surface area contributed by atoms with Gasteiger partial charge in [-0.05, 0) is 12.1 Å². The quantitative estimate of drug-likeness (QED) is 0.612. The number of aromatic nitrogens is 5. The number of ether oxygens (including phenoxy) is 2. The molecule has 2 aliphatic rings. The fraction of sp³-hybridized carbons (Fsp3) is 0.474. The van der Waals surface area contributed by atoms with Crippen LogP contribution in [0.2, 0.25) is 0 Å². The molecule has 10 nitrogen and oxygen atoms in total. The van der Waals surface area contributed by atoms with Gasteiger partial charge in [-0.1, -0.05) is 6.07 Å². The Balaban J connectivity index is 1.69. The molecule has 2 aromatic heterocycles. The third-order valence-corrected chi connectivity index (χ3v) is 5.33. The average Bonchev–Trinajstić information content (AvgIpc) is 3.21. The van der Waals surface area contributed by atoms with E-state index in [4.69, 9.17) is 15.2 Å². The molecule has 0 spiro atoms. The van der Waals surface area contributed by atoms with Gasteiger partial charge in [-0.25, -0.2) is 13.8 Å². The van der Waals surface area contributed by atoms with Gasteiger partial charge in [0.1, 0.15) is 5.52 Å². The van der Waals surface area contributed by atoms with Crippen molar-refractivity contribution in [1.29, 1.82) is 0 Å². The minimum Gasteiger partial charge on any atom is -0.397 e. The lowest BCUT2D eigenvalue weighted by molar-refractivity contribution is 0.121. The molecule has 0 saturated carbocycles. The fourth-order valence-electron chi connectivity index (χ4n) is 3.75. The minimum absolute atomic E-state index is 0.0846. The summed E-state index contributed by atoms with van der Waals surface area (Å²) < 4.78 is 40.0. The highest BCUT2D eigenvalue weighted by Gasteiger charge is 2.26. The number of fused-ring (bicyclic) bond motifs is 1. The summed E-state index contributed by atoms with van der Waals surface area (Å²) in [5, 5.41) is 0. The first kappa shape index (κ1) is 19.8. The summed E-state index contributed by atoms with van der Waals surface area (Å²) in [4.78, 5) is 21.8. The van der Waals surface area contributed by atoms with Crippen LogP contribution >= 0.6 is 0 Å². The van der Waals surface area contributed by atoms with Crippen LogP contribution in [0.25, 0.3) is 17.0 Å². The van der Waals surface area contributed by atoms with Crippen LogP contribution in [0.1, 0.15) is 12.2 Å². The number of morpholine rings is 2. The lowest BCUT2D eigenvalue weighted by Crippen LogP contribution is -2.40. The van der Waals surface area contributed by atoms with Gasteiger partial charge in [0.2, 0.25) is 17.8 Å². The number of imidazole rings is 1. The average molecular weight is 432 g/mol. The number of benzene rings is 1. The van der Waals surface area contributed by atoms with Gasteiger partial charge in [0, 0.05) is 26.2 Å². The zero-order valence-electron chi connectivity index (χ0n) is 16.7. The number of halogens is 2. The van der Waals surface area contributed by atoms with Crippen molar-refractivity contribution in [2.45, 2.75) is 6.43 Å². The smallest absolute Gasteiger partial charge is 0.296 e. The van der Waals surface area contributed by atoms with Crippen LogP contribution in [0.4, 0.5) is 26.4 Å². The number of alkyl halides is 2. The van der Waals surface area contributed by atoms with Crippen LogP contribution in [0.15, 0.2) is 18.2 Å². The first-order valence-electron chi connectivity index (χ1n) is 10.1. The van der Waals surface area contributed by atoms with E-state index in [-0.39, 0.29) is 5.95 Å². The molecule has 0 aliphatic carbocycles. The molecule has 0 bridgehead atoms. The van der Waals surface area contributed by atoms with E-state index in [0.29, 0.717) is 81.2 Å². The number of nitrogens with zero attached hydrogens (tertiary/aromatic N) is 7. The van der Waals surface area contributed by atoms with Crippen LogP contribution in [-0.4, -0.2) is 77.1 Å². The maximum absolute atomic E-state index is 13.9. The Morgan fingerprint density at radius 3 is 1.90 bits per heavy atom. The fourth-order valence-corrected chi connectivity index (χ4v) is 3.75. The minimum atomic E-state index is -2.83. The lowest BCUT2D eigenvalue weighted by atomic mass is 10.3. The topological polar surface area (TPSA) is 107 Å². The largest absolute Gasteiger partial charge is 0.397 e. The number of rotatable bonds is 4. The summed E-state index contributed by atoms with van der Waals surface area (Å²) in [6, 6.07) is 5.00. The number of hydrogen-bond acceptors (Lipinski definition) is 9. The van der Waals surface area contributed by atoms with Gasteiger partial charge in [0.25, 0.3) is 6.43 Å². The molecule has 0 atom stereocenters. The summed E-state index contributed by atoms with van der Waals surface area (Å²) in [5.74, 6) is 0.461. The maximum atomic E-state index is 13.9. The number of para-hydroxylation sites is 1. The Labute approximate surface area is 176 Å². The summed E-state index contributed by atoms with van der Waals surface area (Å²) in [6.07, 6.45) is -2.83. The van der Waals surface area contributed by atoms with Crippen LogP contribution < -0.4 is 15.5 Å². The Kier molecular flexibility index (Phi) is 5.24. The van der Waals surface area contributed by atoms with E-state index in [1.54, 1.807) is 18.2 Å². The molecule has 2 N–H and O–H groups in total. The van der Waals surface area contributed by atoms with Crippen molar-refractivity contribution < 1.29 is 18.3 Å². The molecule has 0 amide bonds. The van der Waals surface area contributed by atoms with Crippen molar-refractivity contribution >= 4 is 28.6 Å². The molecule has 1 aromatic carbocycles. The van der Waals surface area contributed by atoms with E-state index in [0.717, 1.165) is 0 Å². The zero-order valence-corrected chi connectivity index (χ0v) is 16.7. The maximum Gasteiger partial charge on any atom is 0.296 e. The van der Waals surface area contributed by atoms with Crippen molar-refractivity contribution in [3.63, 3.8) is 0 Å². The van der Waals surface area contributed by atoms with E-state index >= 15 is 0 Å². The van der Waals surface area contributed by atoms with Crippen LogP contribution in [-0.2, 0) is 9.47 Å². The molecule has 12 heteroatoms. The highest BCUT2D eigenvalue weighted by atomic mass is 19.3. The summed E-state index contributed by atoms with van der Waals surface area (Å²) >= 11 is 0. The van der Waals surface area contributed by atoms with E-state index in [1.807, 2.05) is 9.80 Å². The standard InChI is InChI=1S/C19H22F2N8O2/c20-15(21)16-23-14-12(22)2-1-3-13(14)29(16)19-25-17(27-4-8-30-9-5-27)24-18(26-19)28-6-10-31-11-7-28/h1-3,15H,4-11,22H2. The molecule has 2 fully saturated rings. The molecule has 3 aromatic rings. The third kappa shape index (κ3) is 3.72. The van der Waals surface area contributed by atoms with E-state index in [1.165, 1.54) is 4.57 Å². The van der Waals surface area contributed by atoms with Crippen LogP contribution in [0.5, 0.6) is 0 Å². The molecule has 0 radical (unpaired) electrons. The van der Waals surface area contributed by atoms with Crippen molar-refractivity contribution in [1.82, 2.24) is 24.5 Å². The normalized spacial score (nSPS) is 17.6. The summed E-state index contributed by atoms with van der Waals surface area (Å²) in [5.41, 5.74) is 7.02. The van der Waals surface area contributed by atoms with Gasteiger partial charge in [-0.3, -0.25) is 4.57 Å². The molecule has 2 saturated heterocycles. The van der Waals surface area contributed by atoms with Gasteiger partial charge in [-0.15, -0.1) is 0 Å². The second kappa shape index (κ2) is 8.19. The Morgan fingerprint density at radius 2 is 1.35 bits per heavy atom. The summed E-state index contributed by atoms with van der Waals surface area (Å²) in [6.45, 7) is 4.58. The second-order valence-corrected chi connectivity index (χ2v) is 7.26. The summed E-state index contributed by atoms with van der Waals surface area (Å²) in [7, 11) is 0. The van der Waals surface area contributed by atoms with E-state index < -0.39 is 12.2 Å². The number of nitrogens with two attached hydrogens (primary N) is 1. The van der Waals surface area contributed by atoms with Crippen LogP contribution in [0.3, 0.4) is 0 Å². The second-order valence-electron chi connectivity index (χ2n) is 7.26. The van der Waals surface area contributed by atoms with E-state index in [2.05, 4.69) is 19.9 Å². The molecule has 5 rings (SSSR count). The van der Waals surface area contributed by atoms with Gasteiger partial charge >= 0.3 is 0 Å². The van der Waals surface area contributed by atoms with Gasteiger partial charge < -0.3 is 25.0 Å². The first-order chi connectivity index (χ1) is 15.1. The molecule has 0 unspecified atom stereocenters. The molecular formula is C19H22F2N8O2. The lowest BCUT2D eigenvalue weighted by Gasteiger charge is -2.30. The van der Waals surface area contributed by atoms with Crippen molar-refractivity contribution in [3.8, 4) is 5.95 Å². The first-order valence-corrected chi connectivity index (χ1v) is 10.1. The monoisotopic (exact) mass is 432 g/mol. The zero-order chi connectivity index (χ0) is 21.4. The Hall–Kier alpha value is -3.12. The van der Waals surface area contributed by atoms with Gasteiger partial charge in [0.15, 0.2) is 5.82 Å². The predicted molar refractivity (Wildman–Crippen MR) is 110 cm³/mol. The molecule has 4 heterocycles. The predicted octanol–water partition coefficient (Wildman–Crippen LogP) is 1.40. The highest BCUT2D eigenvalue weighted by Crippen LogP contribution is 2.30. The molecular weight excluding hydrogens is 410 g/mol. The van der Waals surface area contributed by atoms with Gasteiger partial charge in [-0.2, -0.15) is 15.0 Å². The number of nitrogen functional groups attached to an aromatic ring is 1. The number of anilines is 3.